The summed E-state index contributed by atoms with van der Waals surface area (Å²) in [5, 5.41) is 2.60. The van der Waals surface area contributed by atoms with Crippen molar-refractivity contribution in [2.45, 2.75) is 26.2 Å². The highest BCUT2D eigenvalue weighted by molar-refractivity contribution is 5.93. The molecule has 0 aliphatic heterocycles. The van der Waals surface area contributed by atoms with Crippen molar-refractivity contribution in [1.29, 1.82) is 0 Å². The molecule has 1 rings (SSSR count). The molecule has 0 bridgehead atoms. The van der Waals surface area contributed by atoms with Crippen LogP contribution >= 0.6 is 0 Å². The summed E-state index contributed by atoms with van der Waals surface area (Å²) in [7, 11) is 1.64. The van der Waals surface area contributed by atoms with Gasteiger partial charge in [-0.3, -0.25) is 4.79 Å². The number of hydrogen-bond acceptors (Lipinski definition) is 1. The molecule has 2 nitrogen and oxygen atoms in total. The van der Waals surface area contributed by atoms with E-state index in [1.165, 1.54) is 5.56 Å². The maximum absolute atomic E-state index is 11.3. The van der Waals surface area contributed by atoms with E-state index in [2.05, 4.69) is 19.2 Å². The largest absolute Gasteiger partial charge is 0.355 e. The van der Waals surface area contributed by atoms with E-state index >= 15 is 0 Å². The molecule has 14 heavy (non-hydrogen) atoms. The van der Waals surface area contributed by atoms with Crippen molar-refractivity contribution in [2.75, 3.05) is 7.05 Å². The van der Waals surface area contributed by atoms with E-state index in [0.29, 0.717) is 5.92 Å². The molecule has 1 atom stereocenters. The number of amides is 1. The Kier molecular flexibility index (Phi) is 3.69. The third kappa shape index (κ3) is 2.34. The summed E-state index contributed by atoms with van der Waals surface area (Å²) in [6.07, 6.45) is 1.12. The molecule has 1 aromatic rings. The van der Waals surface area contributed by atoms with E-state index in [9.17, 15) is 4.79 Å². The van der Waals surface area contributed by atoms with Crippen LogP contribution in [0, 0.1) is 0 Å². The summed E-state index contributed by atoms with van der Waals surface area (Å²) < 4.78 is 0. The van der Waals surface area contributed by atoms with Gasteiger partial charge in [0, 0.05) is 12.6 Å². The van der Waals surface area contributed by atoms with Gasteiger partial charge in [0.1, 0.15) is 0 Å². The van der Waals surface area contributed by atoms with Crippen LogP contribution in [-0.4, -0.2) is 13.0 Å². The van der Waals surface area contributed by atoms with Gasteiger partial charge >= 0.3 is 0 Å². The molecule has 0 radical (unpaired) electrons. The topological polar surface area (TPSA) is 29.1 Å². The SMILES string of the molecule is CCC(C)c1ccc(C(=O)NC)cc1. The van der Waals surface area contributed by atoms with Gasteiger partial charge in [-0.15, -0.1) is 0 Å². The second-order valence-electron chi connectivity index (χ2n) is 3.51. The molecule has 0 saturated carbocycles. The lowest BCUT2D eigenvalue weighted by Crippen LogP contribution is -2.17. The van der Waals surface area contributed by atoms with E-state index in [1.807, 2.05) is 24.3 Å². The van der Waals surface area contributed by atoms with Gasteiger partial charge in [0.2, 0.25) is 0 Å². The molecule has 0 fully saturated rings. The lowest BCUT2D eigenvalue weighted by atomic mass is 9.97. The van der Waals surface area contributed by atoms with Crippen molar-refractivity contribution in [2.24, 2.45) is 0 Å². The highest BCUT2D eigenvalue weighted by Gasteiger charge is 2.05. The molecule has 0 aromatic heterocycles. The Balaban J connectivity index is 2.83. The third-order valence-electron chi connectivity index (χ3n) is 2.58. The second kappa shape index (κ2) is 4.80. The van der Waals surface area contributed by atoms with Crippen molar-refractivity contribution >= 4 is 5.91 Å². The molecule has 76 valence electrons. The predicted octanol–water partition coefficient (Wildman–Crippen LogP) is 2.56. The zero-order valence-corrected chi connectivity index (χ0v) is 9.00. The second-order valence-corrected chi connectivity index (χ2v) is 3.51. The highest BCUT2D eigenvalue weighted by Crippen LogP contribution is 2.18. The first kappa shape index (κ1) is 10.8. The summed E-state index contributed by atoms with van der Waals surface area (Å²) in [5.74, 6) is 0.537. The molecule has 0 aliphatic rings. The fourth-order valence-electron chi connectivity index (χ4n) is 1.34. The highest BCUT2D eigenvalue weighted by atomic mass is 16.1. The minimum Gasteiger partial charge on any atom is -0.355 e. The summed E-state index contributed by atoms with van der Waals surface area (Å²) in [6.45, 7) is 4.35. The lowest BCUT2D eigenvalue weighted by molar-refractivity contribution is 0.0963. The zero-order chi connectivity index (χ0) is 10.6. The fraction of sp³-hybridized carbons (Fsp3) is 0.417. The molecule has 0 aliphatic carbocycles. The fourth-order valence-corrected chi connectivity index (χ4v) is 1.34. The van der Waals surface area contributed by atoms with Gasteiger partial charge in [-0.05, 0) is 30.0 Å². The molecule has 1 amide bonds. The lowest BCUT2D eigenvalue weighted by Gasteiger charge is -2.09. The van der Waals surface area contributed by atoms with E-state index in [4.69, 9.17) is 0 Å². The van der Waals surface area contributed by atoms with Gasteiger partial charge in [0.25, 0.3) is 5.91 Å². The maximum atomic E-state index is 11.3. The summed E-state index contributed by atoms with van der Waals surface area (Å²) in [4.78, 5) is 11.3. The maximum Gasteiger partial charge on any atom is 0.251 e. The minimum absolute atomic E-state index is 0.0271. The molecule has 0 spiro atoms. The quantitative estimate of drug-likeness (QED) is 0.781. The van der Waals surface area contributed by atoms with E-state index < -0.39 is 0 Å². The predicted molar refractivity (Wildman–Crippen MR) is 58.5 cm³/mol. The number of hydrogen-bond donors (Lipinski definition) is 1. The Hall–Kier alpha value is -1.31. The van der Waals surface area contributed by atoms with Gasteiger partial charge in [-0.25, -0.2) is 0 Å². The Bertz CT molecular complexity index is 303. The van der Waals surface area contributed by atoms with Crippen LogP contribution in [0.15, 0.2) is 24.3 Å². The number of carbonyl (C=O) groups excluding carboxylic acids is 1. The normalized spacial score (nSPS) is 12.2. The van der Waals surface area contributed by atoms with E-state index in [-0.39, 0.29) is 5.91 Å². The van der Waals surface area contributed by atoms with Crippen molar-refractivity contribution in [3.63, 3.8) is 0 Å². The first-order valence-electron chi connectivity index (χ1n) is 5.01. The average Bonchev–Trinajstić information content (AvgIpc) is 2.27. The van der Waals surface area contributed by atoms with Crippen LogP contribution in [0.1, 0.15) is 42.1 Å². The van der Waals surface area contributed by atoms with Crippen molar-refractivity contribution in [3.8, 4) is 0 Å². The molecule has 0 saturated heterocycles. The van der Waals surface area contributed by atoms with Crippen LogP contribution in [0.3, 0.4) is 0 Å². The van der Waals surface area contributed by atoms with Gasteiger partial charge < -0.3 is 5.32 Å². The van der Waals surface area contributed by atoms with Gasteiger partial charge in [-0.1, -0.05) is 26.0 Å². The van der Waals surface area contributed by atoms with Crippen LogP contribution in [0.2, 0.25) is 0 Å². The molecule has 1 unspecified atom stereocenters. The molecule has 2 heteroatoms. The first-order chi connectivity index (χ1) is 6.69. The number of carbonyl (C=O) groups is 1. The molecule has 1 N–H and O–H groups in total. The average molecular weight is 191 g/mol. The van der Waals surface area contributed by atoms with E-state index in [0.717, 1.165) is 12.0 Å². The van der Waals surface area contributed by atoms with Gasteiger partial charge in [-0.2, -0.15) is 0 Å². The summed E-state index contributed by atoms with van der Waals surface area (Å²) in [6, 6.07) is 7.80. The van der Waals surface area contributed by atoms with Crippen molar-refractivity contribution in [3.05, 3.63) is 35.4 Å². The number of rotatable bonds is 3. The Morgan fingerprint density at radius 2 is 1.93 bits per heavy atom. The molecular formula is C12H17NO. The summed E-state index contributed by atoms with van der Waals surface area (Å²) >= 11 is 0. The zero-order valence-electron chi connectivity index (χ0n) is 9.00. The van der Waals surface area contributed by atoms with Crippen LogP contribution < -0.4 is 5.32 Å². The Labute approximate surface area is 85.3 Å². The Morgan fingerprint density at radius 1 is 1.36 bits per heavy atom. The van der Waals surface area contributed by atoms with Crippen LogP contribution in [0.4, 0.5) is 0 Å². The smallest absolute Gasteiger partial charge is 0.251 e. The monoisotopic (exact) mass is 191 g/mol. The van der Waals surface area contributed by atoms with Crippen molar-refractivity contribution in [1.82, 2.24) is 5.32 Å². The molecule has 1 aromatic carbocycles. The third-order valence-corrected chi connectivity index (χ3v) is 2.58. The van der Waals surface area contributed by atoms with Crippen LogP contribution in [-0.2, 0) is 0 Å². The Morgan fingerprint density at radius 3 is 2.36 bits per heavy atom. The van der Waals surface area contributed by atoms with Gasteiger partial charge in [0.15, 0.2) is 0 Å². The molecular weight excluding hydrogens is 174 g/mol. The number of benzene rings is 1. The summed E-state index contributed by atoms with van der Waals surface area (Å²) in [5.41, 5.74) is 2.01. The van der Waals surface area contributed by atoms with Gasteiger partial charge in [0.05, 0.1) is 0 Å². The van der Waals surface area contributed by atoms with Crippen molar-refractivity contribution < 1.29 is 4.79 Å². The van der Waals surface area contributed by atoms with E-state index in [1.54, 1.807) is 7.05 Å². The molecule has 0 heterocycles. The standard InChI is InChI=1S/C12H17NO/c1-4-9(2)10-5-7-11(8-6-10)12(14)13-3/h5-9H,4H2,1-3H3,(H,13,14). The first-order valence-corrected chi connectivity index (χ1v) is 5.01. The number of nitrogens with one attached hydrogen (secondary N) is 1. The van der Waals surface area contributed by atoms with Crippen LogP contribution in [0.5, 0.6) is 0 Å². The minimum atomic E-state index is -0.0271. The van der Waals surface area contributed by atoms with Crippen LogP contribution in [0.25, 0.3) is 0 Å².